The number of amides is 1. The number of carboxylic acid groups (broad SMARTS) is 1. The van der Waals surface area contributed by atoms with Crippen LogP contribution < -0.4 is 9.64 Å². The van der Waals surface area contributed by atoms with Crippen molar-refractivity contribution >= 4 is 23.5 Å². The zero-order valence-electron chi connectivity index (χ0n) is 19.1. The van der Waals surface area contributed by atoms with E-state index in [1.54, 1.807) is 11.0 Å². The number of aromatic nitrogens is 2. The van der Waals surface area contributed by atoms with E-state index in [9.17, 15) is 14.3 Å². The van der Waals surface area contributed by atoms with Gasteiger partial charge in [0.1, 0.15) is 11.6 Å². The first kappa shape index (κ1) is 23.5. The van der Waals surface area contributed by atoms with Crippen LogP contribution in [0.5, 0.6) is 5.75 Å². The standard InChI is InChI=1S/C23H28ClFN4O4/c1-22-7-8-23(2,29(22)21(30)31)12-14(11-22)28(3)20-6-5-18(26-27-20)15-9-17(25)16(24)10-19(15)33-13-32-4/h5-6,9-10,14H,7-8,11-13H2,1-4H3,(H,30,31)/t14?,22-,23?/m1/s1. The van der Waals surface area contributed by atoms with Crippen molar-refractivity contribution in [3.63, 3.8) is 0 Å². The number of halogens is 2. The zero-order valence-corrected chi connectivity index (χ0v) is 19.9. The summed E-state index contributed by atoms with van der Waals surface area (Å²) < 4.78 is 24.6. The van der Waals surface area contributed by atoms with Crippen molar-refractivity contribution in [3.05, 3.63) is 35.1 Å². The Morgan fingerprint density at radius 2 is 1.94 bits per heavy atom. The van der Waals surface area contributed by atoms with Crippen LogP contribution in [0, 0.1) is 5.82 Å². The molecule has 3 heterocycles. The Kier molecular flexibility index (Phi) is 6.13. The summed E-state index contributed by atoms with van der Waals surface area (Å²) in [6.45, 7) is 4.03. The molecule has 4 rings (SSSR count). The number of carbonyl (C=O) groups is 1. The molecule has 0 radical (unpaired) electrons. The summed E-state index contributed by atoms with van der Waals surface area (Å²) in [5.41, 5.74) is 0.0519. The maximum Gasteiger partial charge on any atom is 0.408 e. The number of nitrogens with zero attached hydrogens (tertiary/aromatic N) is 4. The number of hydrogen-bond donors (Lipinski definition) is 1. The molecule has 2 saturated heterocycles. The van der Waals surface area contributed by atoms with E-state index in [0.717, 1.165) is 12.8 Å². The molecule has 33 heavy (non-hydrogen) atoms. The summed E-state index contributed by atoms with van der Waals surface area (Å²) in [6, 6.07) is 6.35. The quantitative estimate of drug-likeness (QED) is 0.596. The molecule has 0 spiro atoms. The summed E-state index contributed by atoms with van der Waals surface area (Å²) >= 11 is 5.91. The number of benzene rings is 1. The Morgan fingerprint density at radius 3 is 2.48 bits per heavy atom. The largest absolute Gasteiger partial charge is 0.467 e. The van der Waals surface area contributed by atoms with Gasteiger partial charge in [0, 0.05) is 42.9 Å². The molecule has 0 saturated carbocycles. The third-order valence-electron chi connectivity index (χ3n) is 7.01. The highest BCUT2D eigenvalue weighted by atomic mass is 35.5. The Labute approximate surface area is 197 Å². The van der Waals surface area contributed by atoms with Gasteiger partial charge in [0.05, 0.1) is 10.7 Å². The van der Waals surface area contributed by atoms with Crippen molar-refractivity contribution in [1.29, 1.82) is 0 Å². The van der Waals surface area contributed by atoms with E-state index < -0.39 is 23.0 Å². The number of ether oxygens (including phenoxy) is 2. The summed E-state index contributed by atoms with van der Waals surface area (Å²) in [7, 11) is 3.44. The number of methoxy groups -OCH3 is 1. The van der Waals surface area contributed by atoms with Gasteiger partial charge in [-0.3, -0.25) is 4.90 Å². The SMILES string of the molecule is COCOc1cc(Cl)c(F)cc1-c1ccc(N(C)C2CC3(C)CC[C@](C)(C2)N3C(=O)O)nn1. The lowest BCUT2D eigenvalue weighted by Crippen LogP contribution is -2.62. The van der Waals surface area contributed by atoms with Gasteiger partial charge in [-0.15, -0.1) is 10.2 Å². The van der Waals surface area contributed by atoms with Gasteiger partial charge in [-0.05, 0) is 57.7 Å². The smallest absolute Gasteiger partial charge is 0.408 e. The van der Waals surface area contributed by atoms with Crippen LogP contribution in [0.2, 0.25) is 5.02 Å². The van der Waals surface area contributed by atoms with Crippen molar-refractivity contribution in [2.45, 2.75) is 56.7 Å². The second-order valence-corrected chi connectivity index (χ2v) is 9.78. The van der Waals surface area contributed by atoms with Crippen molar-refractivity contribution in [1.82, 2.24) is 15.1 Å². The van der Waals surface area contributed by atoms with Crippen LogP contribution in [0.3, 0.4) is 0 Å². The molecule has 8 nitrogen and oxygen atoms in total. The summed E-state index contributed by atoms with van der Waals surface area (Å²) in [5.74, 6) is 0.423. The molecule has 1 amide bonds. The maximum atomic E-state index is 14.1. The lowest BCUT2D eigenvalue weighted by Gasteiger charge is -2.51. The molecule has 2 fully saturated rings. The average molecular weight is 479 g/mol. The number of piperidine rings is 1. The highest BCUT2D eigenvalue weighted by molar-refractivity contribution is 6.31. The Bertz CT molecular complexity index is 1040. The predicted molar refractivity (Wildman–Crippen MR) is 122 cm³/mol. The lowest BCUT2D eigenvalue weighted by atomic mass is 9.82. The molecule has 2 aromatic rings. The van der Waals surface area contributed by atoms with Gasteiger partial charge in [-0.1, -0.05) is 11.6 Å². The Morgan fingerprint density at radius 1 is 1.27 bits per heavy atom. The third-order valence-corrected chi connectivity index (χ3v) is 7.30. The van der Waals surface area contributed by atoms with Crippen molar-refractivity contribution in [2.24, 2.45) is 0 Å². The van der Waals surface area contributed by atoms with Gasteiger partial charge >= 0.3 is 6.09 Å². The fourth-order valence-electron chi connectivity index (χ4n) is 5.44. The zero-order chi connectivity index (χ0) is 24.0. The van der Waals surface area contributed by atoms with E-state index in [0.29, 0.717) is 35.7 Å². The molecule has 2 aliphatic heterocycles. The van der Waals surface area contributed by atoms with Gasteiger partial charge in [-0.25, -0.2) is 9.18 Å². The minimum Gasteiger partial charge on any atom is -0.467 e. The second-order valence-electron chi connectivity index (χ2n) is 9.37. The maximum absolute atomic E-state index is 14.1. The van der Waals surface area contributed by atoms with E-state index in [1.165, 1.54) is 19.2 Å². The first-order chi connectivity index (χ1) is 15.6. The first-order valence-electron chi connectivity index (χ1n) is 10.8. The minimum atomic E-state index is -0.857. The molecular weight excluding hydrogens is 451 g/mol. The molecule has 178 valence electrons. The number of fused-ring (bicyclic) bond motifs is 2. The monoisotopic (exact) mass is 478 g/mol. The van der Waals surface area contributed by atoms with Crippen LogP contribution in [0.25, 0.3) is 11.3 Å². The van der Waals surface area contributed by atoms with Crippen LogP contribution in [0.1, 0.15) is 39.5 Å². The van der Waals surface area contributed by atoms with Gasteiger partial charge in [0.2, 0.25) is 0 Å². The van der Waals surface area contributed by atoms with Gasteiger partial charge in [0.15, 0.2) is 12.6 Å². The van der Waals surface area contributed by atoms with E-state index in [2.05, 4.69) is 15.1 Å². The molecule has 2 unspecified atom stereocenters. The third kappa shape index (κ3) is 4.19. The lowest BCUT2D eigenvalue weighted by molar-refractivity contribution is 0.0131. The number of hydrogen-bond acceptors (Lipinski definition) is 6. The van der Waals surface area contributed by atoms with Crippen molar-refractivity contribution in [2.75, 3.05) is 25.9 Å². The number of rotatable bonds is 6. The van der Waals surface area contributed by atoms with Crippen LogP contribution in [0.4, 0.5) is 15.0 Å². The highest BCUT2D eigenvalue weighted by Crippen LogP contribution is 2.51. The van der Waals surface area contributed by atoms with Crippen LogP contribution in [-0.2, 0) is 4.74 Å². The molecular formula is C23H28ClFN4O4. The molecule has 10 heteroatoms. The molecule has 2 bridgehead atoms. The molecule has 1 aromatic heterocycles. The van der Waals surface area contributed by atoms with Gasteiger partial charge in [-0.2, -0.15) is 0 Å². The van der Waals surface area contributed by atoms with E-state index in [1.807, 2.05) is 27.0 Å². The molecule has 1 aromatic carbocycles. The Hall–Kier alpha value is -2.65. The normalized spacial score (nSPS) is 26.4. The molecule has 0 aliphatic carbocycles. The molecule has 3 atom stereocenters. The van der Waals surface area contributed by atoms with E-state index >= 15 is 0 Å². The van der Waals surface area contributed by atoms with E-state index in [4.69, 9.17) is 21.1 Å². The topological polar surface area (TPSA) is 88.0 Å². The van der Waals surface area contributed by atoms with Crippen molar-refractivity contribution < 1.29 is 23.8 Å². The fraction of sp³-hybridized carbons (Fsp3) is 0.522. The van der Waals surface area contributed by atoms with E-state index in [-0.39, 0.29) is 17.9 Å². The van der Waals surface area contributed by atoms with Crippen molar-refractivity contribution in [3.8, 4) is 17.0 Å². The molecule has 1 N–H and O–H groups in total. The summed E-state index contributed by atoms with van der Waals surface area (Å²) in [5, 5.41) is 18.4. The van der Waals surface area contributed by atoms with Gasteiger partial charge in [0.25, 0.3) is 0 Å². The van der Waals surface area contributed by atoms with Crippen LogP contribution in [-0.4, -0.2) is 64.4 Å². The minimum absolute atomic E-state index is 0.0181. The fourth-order valence-corrected chi connectivity index (χ4v) is 5.59. The van der Waals surface area contributed by atoms with Crippen LogP contribution >= 0.6 is 11.6 Å². The Balaban J connectivity index is 1.57. The van der Waals surface area contributed by atoms with Crippen LogP contribution in [0.15, 0.2) is 24.3 Å². The first-order valence-corrected chi connectivity index (χ1v) is 11.2. The summed E-state index contributed by atoms with van der Waals surface area (Å²) in [4.78, 5) is 15.6. The number of anilines is 1. The predicted octanol–water partition coefficient (Wildman–Crippen LogP) is 4.81. The van der Waals surface area contributed by atoms with Gasteiger partial charge < -0.3 is 19.5 Å². The highest BCUT2D eigenvalue weighted by Gasteiger charge is 2.58. The second kappa shape index (κ2) is 8.61. The molecule has 2 aliphatic rings. The average Bonchev–Trinajstić information content (AvgIpc) is 2.95. The summed E-state index contributed by atoms with van der Waals surface area (Å²) in [6.07, 6.45) is 2.26.